The van der Waals surface area contributed by atoms with Crippen LogP contribution in [0.3, 0.4) is 0 Å². The van der Waals surface area contributed by atoms with Crippen LogP contribution in [0.25, 0.3) is 0 Å². The molecule has 4 nitrogen and oxygen atoms in total. The molecule has 3 rings (SSSR count). The van der Waals surface area contributed by atoms with Crippen molar-refractivity contribution in [2.75, 3.05) is 0 Å². The van der Waals surface area contributed by atoms with Crippen molar-refractivity contribution < 1.29 is 0 Å². The third kappa shape index (κ3) is 2.40. The van der Waals surface area contributed by atoms with E-state index in [1.807, 2.05) is 12.1 Å². The Kier molecular flexibility index (Phi) is 3.30. The van der Waals surface area contributed by atoms with Gasteiger partial charge >= 0.3 is 0 Å². The first-order valence-corrected chi connectivity index (χ1v) is 6.53. The number of nitrogens with zero attached hydrogens (tertiary/aromatic N) is 2. The third-order valence-corrected chi connectivity index (χ3v) is 3.85. The van der Waals surface area contributed by atoms with Crippen LogP contribution in [0.1, 0.15) is 30.1 Å². The Balaban J connectivity index is 1.50. The first-order chi connectivity index (χ1) is 8.83. The van der Waals surface area contributed by atoms with Crippen molar-refractivity contribution in [3.05, 3.63) is 47.0 Å². The fourth-order valence-electron chi connectivity index (χ4n) is 2.40. The van der Waals surface area contributed by atoms with Crippen LogP contribution in [0, 0.1) is 0 Å². The summed E-state index contributed by atoms with van der Waals surface area (Å²) in [5, 5.41) is 11.0. The summed E-state index contributed by atoms with van der Waals surface area (Å²) in [6.07, 6.45) is 3.81. The topological polar surface area (TPSA) is 53.6 Å². The molecule has 0 aliphatic heterocycles. The number of rotatable bonds is 4. The van der Waals surface area contributed by atoms with Gasteiger partial charge in [-0.3, -0.25) is 5.10 Å². The summed E-state index contributed by atoms with van der Waals surface area (Å²) in [5.74, 6) is 1.47. The molecule has 1 aliphatic rings. The zero-order chi connectivity index (χ0) is 12.4. The van der Waals surface area contributed by atoms with E-state index in [1.54, 1.807) is 0 Å². The van der Waals surface area contributed by atoms with Gasteiger partial charge in [0, 0.05) is 11.1 Å². The summed E-state index contributed by atoms with van der Waals surface area (Å²) in [5.41, 5.74) is 1.27. The Morgan fingerprint density at radius 3 is 2.89 bits per heavy atom. The molecular formula is C13H15ClN4. The summed E-state index contributed by atoms with van der Waals surface area (Å²) in [7, 11) is 0. The molecule has 0 saturated heterocycles. The maximum absolute atomic E-state index is 6.19. The molecule has 0 amide bonds. The second-order valence-electron chi connectivity index (χ2n) is 4.70. The third-order valence-electron chi connectivity index (χ3n) is 3.51. The Labute approximate surface area is 111 Å². The van der Waals surface area contributed by atoms with Crippen LogP contribution in [0.4, 0.5) is 0 Å². The lowest BCUT2D eigenvalue weighted by atomic mass is 9.76. The van der Waals surface area contributed by atoms with Gasteiger partial charge in [-0.15, -0.1) is 0 Å². The highest BCUT2D eigenvalue weighted by Gasteiger charge is 2.30. The Morgan fingerprint density at radius 2 is 2.17 bits per heavy atom. The molecule has 0 spiro atoms. The molecule has 94 valence electrons. The molecule has 2 N–H and O–H groups in total. The standard InChI is InChI=1S/C13H15ClN4/c14-12-4-2-1-3-11(12)9-5-10(6-9)15-7-13-16-8-17-18-13/h1-4,8-10,15H,5-7H2,(H,16,17,18). The maximum Gasteiger partial charge on any atom is 0.138 e. The number of H-pyrrole nitrogens is 1. The van der Waals surface area contributed by atoms with E-state index in [9.17, 15) is 0 Å². The molecule has 1 aliphatic carbocycles. The van der Waals surface area contributed by atoms with E-state index < -0.39 is 0 Å². The maximum atomic E-state index is 6.19. The molecule has 0 atom stereocenters. The van der Waals surface area contributed by atoms with E-state index in [-0.39, 0.29) is 0 Å². The molecule has 1 aromatic heterocycles. The van der Waals surface area contributed by atoms with Gasteiger partial charge in [-0.05, 0) is 30.4 Å². The first kappa shape index (κ1) is 11.7. The van der Waals surface area contributed by atoms with Crippen LogP contribution in [0.5, 0.6) is 0 Å². The van der Waals surface area contributed by atoms with Gasteiger partial charge in [0.2, 0.25) is 0 Å². The minimum atomic E-state index is 0.552. The molecule has 0 bridgehead atoms. The van der Waals surface area contributed by atoms with Crippen LogP contribution >= 0.6 is 11.6 Å². The molecule has 1 fully saturated rings. The molecule has 1 heterocycles. The van der Waals surface area contributed by atoms with Crippen molar-refractivity contribution in [1.29, 1.82) is 0 Å². The number of aromatic amines is 1. The highest BCUT2D eigenvalue weighted by molar-refractivity contribution is 6.31. The van der Waals surface area contributed by atoms with E-state index in [0.29, 0.717) is 12.0 Å². The van der Waals surface area contributed by atoms with E-state index >= 15 is 0 Å². The van der Waals surface area contributed by atoms with Crippen LogP contribution in [-0.4, -0.2) is 21.2 Å². The van der Waals surface area contributed by atoms with Crippen molar-refractivity contribution in [2.45, 2.75) is 31.3 Å². The Hall–Kier alpha value is -1.39. The lowest BCUT2D eigenvalue weighted by Gasteiger charge is -2.36. The number of halogens is 1. The minimum absolute atomic E-state index is 0.552. The van der Waals surface area contributed by atoms with Crippen LogP contribution < -0.4 is 5.32 Å². The Morgan fingerprint density at radius 1 is 1.33 bits per heavy atom. The number of nitrogens with one attached hydrogen (secondary N) is 2. The highest BCUT2D eigenvalue weighted by atomic mass is 35.5. The average molecular weight is 263 g/mol. The van der Waals surface area contributed by atoms with Gasteiger partial charge in [-0.1, -0.05) is 29.8 Å². The smallest absolute Gasteiger partial charge is 0.138 e. The fourth-order valence-corrected chi connectivity index (χ4v) is 2.69. The van der Waals surface area contributed by atoms with Crippen molar-refractivity contribution in [1.82, 2.24) is 20.5 Å². The summed E-state index contributed by atoms with van der Waals surface area (Å²) < 4.78 is 0. The molecule has 0 radical (unpaired) electrons. The van der Waals surface area contributed by atoms with Gasteiger partial charge in [-0.2, -0.15) is 5.10 Å². The second kappa shape index (κ2) is 5.08. The van der Waals surface area contributed by atoms with Crippen LogP contribution in [0.2, 0.25) is 5.02 Å². The van der Waals surface area contributed by atoms with E-state index in [4.69, 9.17) is 11.6 Å². The highest BCUT2D eigenvalue weighted by Crippen LogP contribution is 2.39. The normalized spacial score (nSPS) is 22.7. The van der Waals surface area contributed by atoms with Crippen molar-refractivity contribution in [3.63, 3.8) is 0 Å². The summed E-state index contributed by atoms with van der Waals surface area (Å²) in [4.78, 5) is 4.09. The van der Waals surface area contributed by atoms with Gasteiger partial charge in [0.1, 0.15) is 12.2 Å². The first-order valence-electron chi connectivity index (χ1n) is 6.15. The fraction of sp³-hybridized carbons (Fsp3) is 0.385. The lowest BCUT2D eigenvalue weighted by Crippen LogP contribution is -2.39. The summed E-state index contributed by atoms with van der Waals surface area (Å²) >= 11 is 6.19. The molecule has 0 unspecified atom stereocenters. The van der Waals surface area contributed by atoms with E-state index in [1.165, 1.54) is 11.9 Å². The number of benzene rings is 1. The SMILES string of the molecule is Clc1ccccc1C1CC(NCc2ncn[nH]2)C1. The zero-order valence-corrected chi connectivity index (χ0v) is 10.7. The minimum Gasteiger partial charge on any atom is -0.307 e. The quantitative estimate of drug-likeness (QED) is 0.890. The van der Waals surface area contributed by atoms with Crippen LogP contribution in [0.15, 0.2) is 30.6 Å². The second-order valence-corrected chi connectivity index (χ2v) is 5.11. The van der Waals surface area contributed by atoms with E-state index in [2.05, 4.69) is 32.6 Å². The summed E-state index contributed by atoms with van der Waals surface area (Å²) in [6, 6.07) is 8.67. The molecule has 1 aromatic carbocycles. The number of hydrogen-bond acceptors (Lipinski definition) is 3. The van der Waals surface area contributed by atoms with Gasteiger partial charge in [0.15, 0.2) is 0 Å². The van der Waals surface area contributed by atoms with Gasteiger partial charge < -0.3 is 5.32 Å². The van der Waals surface area contributed by atoms with Crippen molar-refractivity contribution in [2.24, 2.45) is 0 Å². The van der Waals surface area contributed by atoms with Gasteiger partial charge in [-0.25, -0.2) is 4.98 Å². The van der Waals surface area contributed by atoms with Crippen LogP contribution in [-0.2, 0) is 6.54 Å². The Bertz CT molecular complexity index is 505. The van der Waals surface area contributed by atoms with E-state index in [0.717, 1.165) is 30.2 Å². The molecule has 5 heteroatoms. The predicted octanol–water partition coefficient (Wildman–Crippen LogP) is 2.49. The molecule has 1 saturated carbocycles. The predicted molar refractivity (Wildman–Crippen MR) is 70.4 cm³/mol. The van der Waals surface area contributed by atoms with Crippen molar-refractivity contribution in [3.8, 4) is 0 Å². The van der Waals surface area contributed by atoms with Gasteiger partial charge in [0.05, 0.1) is 6.54 Å². The lowest BCUT2D eigenvalue weighted by molar-refractivity contribution is 0.287. The average Bonchev–Trinajstić information content (AvgIpc) is 2.82. The molecule has 18 heavy (non-hydrogen) atoms. The van der Waals surface area contributed by atoms with Gasteiger partial charge in [0.25, 0.3) is 0 Å². The summed E-state index contributed by atoms with van der Waals surface area (Å²) in [6.45, 7) is 0.750. The number of hydrogen-bond donors (Lipinski definition) is 2. The monoisotopic (exact) mass is 262 g/mol. The number of aromatic nitrogens is 3. The van der Waals surface area contributed by atoms with Crippen molar-refractivity contribution >= 4 is 11.6 Å². The molecule has 2 aromatic rings. The largest absolute Gasteiger partial charge is 0.307 e. The molecular weight excluding hydrogens is 248 g/mol. The zero-order valence-electron chi connectivity index (χ0n) is 9.94.